The summed E-state index contributed by atoms with van der Waals surface area (Å²) in [6.45, 7) is 4.50. The van der Waals surface area contributed by atoms with Crippen LogP contribution >= 0.6 is 0 Å². The molecule has 0 aromatic heterocycles. The molecule has 1 N–H and O–H groups in total. The highest BCUT2D eigenvalue weighted by Crippen LogP contribution is 2.40. The maximum absolute atomic E-state index is 11.1. The number of aliphatic hydroxyl groups excluding tert-OH is 1. The highest BCUT2D eigenvalue weighted by molar-refractivity contribution is 5.23. The Morgan fingerprint density at radius 2 is 1.81 bits per heavy atom. The molecule has 1 heterocycles. The Labute approximate surface area is 129 Å². The second kappa shape index (κ2) is 6.50. The fraction of sp³-hybridized carbons (Fsp3) is 0.684. The van der Waals surface area contributed by atoms with Crippen molar-refractivity contribution in [2.45, 2.75) is 69.9 Å². The predicted molar refractivity (Wildman–Crippen MR) is 87.5 cm³/mol. The number of hydrogen-bond donors (Lipinski definition) is 1. The molecule has 1 aliphatic heterocycles. The second-order valence-corrected chi connectivity index (χ2v) is 7.07. The zero-order chi connectivity index (χ0) is 14.7. The number of nitrogens with zero attached hydrogens (tertiary/aromatic N) is 1. The average molecular weight is 287 g/mol. The normalized spacial score (nSPS) is 24.1. The molecular weight excluding hydrogens is 258 g/mol. The summed E-state index contributed by atoms with van der Waals surface area (Å²) in [5.74, 6) is 0. The maximum atomic E-state index is 11.1. The number of likely N-dealkylation sites (tertiary alicyclic amines) is 1. The molecule has 0 spiro atoms. The molecule has 1 unspecified atom stereocenters. The molecular formula is C19H29NO. The van der Waals surface area contributed by atoms with Crippen LogP contribution in [-0.2, 0) is 6.42 Å². The summed E-state index contributed by atoms with van der Waals surface area (Å²) in [5, 5.41) is 11.1. The first kappa shape index (κ1) is 15.1. The van der Waals surface area contributed by atoms with E-state index in [1.54, 1.807) is 0 Å². The van der Waals surface area contributed by atoms with Crippen LogP contribution in [0, 0.1) is 6.92 Å². The Hall–Kier alpha value is -0.860. The molecule has 1 aromatic carbocycles. The summed E-state index contributed by atoms with van der Waals surface area (Å²) in [6.07, 6.45) is 9.47. The minimum Gasteiger partial charge on any atom is -0.391 e. The van der Waals surface area contributed by atoms with Gasteiger partial charge in [-0.2, -0.15) is 0 Å². The highest BCUT2D eigenvalue weighted by Gasteiger charge is 2.45. The lowest BCUT2D eigenvalue weighted by atomic mass is 9.83. The van der Waals surface area contributed by atoms with Crippen molar-refractivity contribution in [3.63, 3.8) is 0 Å². The molecule has 0 amide bonds. The van der Waals surface area contributed by atoms with Crippen molar-refractivity contribution in [1.29, 1.82) is 0 Å². The minimum atomic E-state index is -0.222. The molecule has 2 heteroatoms. The van der Waals surface area contributed by atoms with Gasteiger partial charge in [-0.05, 0) is 51.3 Å². The highest BCUT2D eigenvalue weighted by atomic mass is 16.3. The molecule has 0 radical (unpaired) electrons. The van der Waals surface area contributed by atoms with Gasteiger partial charge in [0.25, 0.3) is 0 Å². The summed E-state index contributed by atoms with van der Waals surface area (Å²) in [4.78, 5) is 2.63. The van der Waals surface area contributed by atoms with Crippen LogP contribution in [0.25, 0.3) is 0 Å². The fourth-order valence-electron chi connectivity index (χ4n) is 4.44. The monoisotopic (exact) mass is 287 g/mol. The molecule has 2 fully saturated rings. The van der Waals surface area contributed by atoms with E-state index in [2.05, 4.69) is 36.1 Å². The van der Waals surface area contributed by atoms with Gasteiger partial charge in [0.2, 0.25) is 0 Å². The van der Waals surface area contributed by atoms with Crippen molar-refractivity contribution in [3.8, 4) is 0 Å². The van der Waals surface area contributed by atoms with Gasteiger partial charge in [0.15, 0.2) is 0 Å². The van der Waals surface area contributed by atoms with Gasteiger partial charge in [-0.25, -0.2) is 0 Å². The second-order valence-electron chi connectivity index (χ2n) is 7.07. The smallest absolute Gasteiger partial charge is 0.0764 e. The molecule has 21 heavy (non-hydrogen) atoms. The molecule has 2 aliphatic rings. The molecule has 1 atom stereocenters. The molecule has 1 saturated heterocycles. The van der Waals surface area contributed by atoms with Gasteiger partial charge in [-0.1, -0.05) is 49.1 Å². The molecule has 3 rings (SSSR count). The standard InChI is InChI=1S/C19H29NO/c1-16-8-7-9-17(14-16)15-18(21)19(10-3-4-11-19)20-12-5-2-6-13-20/h7-9,14,18,21H,2-6,10-13,15H2,1H3. The number of aliphatic hydroxyl groups is 1. The van der Waals surface area contributed by atoms with E-state index in [1.165, 1.54) is 69.2 Å². The van der Waals surface area contributed by atoms with Gasteiger partial charge in [0.1, 0.15) is 0 Å². The van der Waals surface area contributed by atoms with Gasteiger partial charge in [-0.15, -0.1) is 0 Å². The van der Waals surface area contributed by atoms with Crippen molar-refractivity contribution in [2.75, 3.05) is 13.1 Å². The fourth-order valence-corrected chi connectivity index (χ4v) is 4.44. The minimum absolute atomic E-state index is 0.0597. The Kier molecular flexibility index (Phi) is 4.66. The topological polar surface area (TPSA) is 23.5 Å². The molecule has 0 bridgehead atoms. The van der Waals surface area contributed by atoms with E-state index in [0.29, 0.717) is 0 Å². The first-order valence-corrected chi connectivity index (χ1v) is 8.69. The van der Waals surface area contributed by atoms with Gasteiger partial charge in [0, 0.05) is 12.0 Å². The van der Waals surface area contributed by atoms with Gasteiger partial charge in [-0.3, -0.25) is 4.90 Å². The summed E-state index contributed by atoms with van der Waals surface area (Å²) >= 11 is 0. The van der Waals surface area contributed by atoms with E-state index in [4.69, 9.17) is 0 Å². The number of piperidine rings is 1. The lowest BCUT2D eigenvalue weighted by molar-refractivity contribution is -0.0380. The van der Waals surface area contributed by atoms with Crippen LogP contribution in [0.3, 0.4) is 0 Å². The van der Waals surface area contributed by atoms with Crippen LogP contribution < -0.4 is 0 Å². The molecule has 116 valence electrons. The van der Waals surface area contributed by atoms with E-state index in [9.17, 15) is 5.11 Å². The summed E-state index contributed by atoms with van der Waals surface area (Å²) in [5.41, 5.74) is 2.63. The zero-order valence-corrected chi connectivity index (χ0v) is 13.4. The molecule has 1 aliphatic carbocycles. The van der Waals surface area contributed by atoms with Crippen LogP contribution in [0.1, 0.15) is 56.1 Å². The van der Waals surface area contributed by atoms with E-state index in [0.717, 1.165) is 6.42 Å². The van der Waals surface area contributed by atoms with Gasteiger partial charge < -0.3 is 5.11 Å². The summed E-state index contributed by atoms with van der Waals surface area (Å²) < 4.78 is 0. The number of hydrogen-bond acceptors (Lipinski definition) is 2. The lowest BCUT2D eigenvalue weighted by Gasteiger charge is -2.46. The van der Waals surface area contributed by atoms with E-state index < -0.39 is 0 Å². The number of aryl methyl sites for hydroxylation is 1. The third-order valence-electron chi connectivity index (χ3n) is 5.59. The number of rotatable bonds is 4. The van der Waals surface area contributed by atoms with Crippen LogP contribution in [0.15, 0.2) is 24.3 Å². The molecule has 2 nitrogen and oxygen atoms in total. The van der Waals surface area contributed by atoms with Crippen LogP contribution in [-0.4, -0.2) is 34.7 Å². The third kappa shape index (κ3) is 3.17. The van der Waals surface area contributed by atoms with Crippen LogP contribution in [0.4, 0.5) is 0 Å². The first-order valence-electron chi connectivity index (χ1n) is 8.69. The maximum Gasteiger partial charge on any atom is 0.0764 e. The zero-order valence-electron chi connectivity index (χ0n) is 13.4. The Morgan fingerprint density at radius 3 is 2.48 bits per heavy atom. The van der Waals surface area contributed by atoms with E-state index >= 15 is 0 Å². The molecule has 1 aromatic rings. The SMILES string of the molecule is Cc1cccc(CC(O)C2(N3CCCCC3)CCCC2)c1. The van der Waals surface area contributed by atoms with Crippen molar-refractivity contribution >= 4 is 0 Å². The quantitative estimate of drug-likeness (QED) is 0.913. The Morgan fingerprint density at radius 1 is 1.10 bits per heavy atom. The van der Waals surface area contributed by atoms with Crippen molar-refractivity contribution < 1.29 is 5.11 Å². The van der Waals surface area contributed by atoms with Crippen molar-refractivity contribution in [2.24, 2.45) is 0 Å². The van der Waals surface area contributed by atoms with Crippen LogP contribution in [0.2, 0.25) is 0 Å². The summed E-state index contributed by atoms with van der Waals surface area (Å²) in [6, 6.07) is 8.63. The van der Waals surface area contributed by atoms with Crippen LogP contribution in [0.5, 0.6) is 0 Å². The Balaban J connectivity index is 1.76. The number of benzene rings is 1. The molecule has 1 saturated carbocycles. The van der Waals surface area contributed by atoms with Crippen molar-refractivity contribution in [1.82, 2.24) is 4.90 Å². The lowest BCUT2D eigenvalue weighted by Crippen LogP contribution is -2.57. The Bertz CT molecular complexity index is 458. The van der Waals surface area contributed by atoms with E-state index in [-0.39, 0.29) is 11.6 Å². The largest absolute Gasteiger partial charge is 0.391 e. The van der Waals surface area contributed by atoms with Gasteiger partial charge >= 0.3 is 0 Å². The summed E-state index contributed by atoms with van der Waals surface area (Å²) in [7, 11) is 0. The van der Waals surface area contributed by atoms with Gasteiger partial charge in [0.05, 0.1) is 6.10 Å². The predicted octanol–water partition coefficient (Wildman–Crippen LogP) is 3.70. The third-order valence-corrected chi connectivity index (χ3v) is 5.59. The van der Waals surface area contributed by atoms with Crippen molar-refractivity contribution in [3.05, 3.63) is 35.4 Å². The van der Waals surface area contributed by atoms with E-state index in [1.807, 2.05) is 0 Å². The average Bonchev–Trinajstić information content (AvgIpc) is 2.99. The first-order chi connectivity index (χ1) is 10.2.